The fourth-order valence-corrected chi connectivity index (χ4v) is 2.72. The van der Waals surface area contributed by atoms with E-state index in [0.29, 0.717) is 16.8 Å². The molecule has 0 spiro atoms. The highest BCUT2D eigenvalue weighted by Gasteiger charge is 2.09. The molecule has 1 heterocycles. The van der Waals surface area contributed by atoms with Crippen LogP contribution in [-0.2, 0) is 0 Å². The van der Waals surface area contributed by atoms with Crippen LogP contribution in [0.2, 0.25) is 0 Å². The lowest BCUT2D eigenvalue weighted by Gasteiger charge is -2.08. The van der Waals surface area contributed by atoms with E-state index in [-0.39, 0.29) is 36.6 Å². The number of nitrogens with one attached hydrogen (secondary N) is 3. The number of hydrogen-bond acceptors (Lipinski definition) is 4. The highest BCUT2D eigenvalue weighted by Crippen LogP contribution is 2.14. The van der Waals surface area contributed by atoms with Crippen molar-refractivity contribution < 1.29 is 18.8 Å². The van der Waals surface area contributed by atoms with Crippen molar-refractivity contribution in [1.29, 1.82) is 0 Å². The topological polar surface area (TPSA) is 100 Å². The number of anilines is 1. The van der Waals surface area contributed by atoms with Crippen LogP contribution in [0.15, 0.2) is 75.8 Å². The third kappa shape index (κ3) is 5.79. The molecular formula is C21H18BrN3O4. The maximum atomic E-state index is 12.2. The van der Waals surface area contributed by atoms with Gasteiger partial charge in [0.15, 0.2) is 5.76 Å². The molecule has 1 aromatic heterocycles. The first-order valence-electron chi connectivity index (χ1n) is 8.80. The predicted molar refractivity (Wildman–Crippen MR) is 112 cm³/mol. The number of carbonyl (C=O) groups excluding carboxylic acids is 3. The molecule has 0 saturated carbocycles. The molecule has 3 amide bonds. The van der Waals surface area contributed by atoms with E-state index in [1.165, 1.54) is 6.26 Å². The normalized spacial score (nSPS) is 10.2. The summed E-state index contributed by atoms with van der Waals surface area (Å²) in [6, 6.07) is 16.7. The van der Waals surface area contributed by atoms with Crippen LogP contribution in [0.4, 0.5) is 5.69 Å². The second-order valence-electron chi connectivity index (χ2n) is 6.03. The minimum Gasteiger partial charge on any atom is -0.459 e. The molecule has 0 aliphatic carbocycles. The molecule has 148 valence electrons. The van der Waals surface area contributed by atoms with Gasteiger partial charge >= 0.3 is 0 Å². The van der Waals surface area contributed by atoms with Crippen molar-refractivity contribution in [2.75, 3.05) is 18.4 Å². The minimum atomic E-state index is -0.338. The van der Waals surface area contributed by atoms with Gasteiger partial charge in [0, 0.05) is 34.4 Å². The zero-order valence-electron chi connectivity index (χ0n) is 15.3. The second-order valence-corrected chi connectivity index (χ2v) is 6.94. The first-order valence-corrected chi connectivity index (χ1v) is 9.59. The summed E-state index contributed by atoms with van der Waals surface area (Å²) in [6.45, 7) is 0.542. The van der Waals surface area contributed by atoms with E-state index in [4.69, 9.17) is 4.42 Å². The van der Waals surface area contributed by atoms with Crippen molar-refractivity contribution in [2.45, 2.75) is 0 Å². The van der Waals surface area contributed by atoms with E-state index in [9.17, 15) is 14.4 Å². The first-order chi connectivity index (χ1) is 14.0. The largest absolute Gasteiger partial charge is 0.459 e. The van der Waals surface area contributed by atoms with Crippen LogP contribution in [0.3, 0.4) is 0 Å². The number of hydrogen-bond donors (Lipinski definition) is 3. The molecular weight excluding hydrogens is 438 g/mol. The van der Waals surface area contributed by atoms with Gasteiger partial charge in [-0.1, -0.05) is 15.9 Å². The van der Waals surface area contributed by atoms with E-state index in [1.807, 2.05) is 0 Å². The van der Waals surface area contributed by atoms with Crippen molar-refractivity contribution in [2.24, 2.45) is 0 Å². The van der Waals surface area contributed by atoms with Gasteiger partial charge in [0.1, 0.15) is 0 Å². The SMILES string of the molecule is O=C(NCCNC(=O)c1ccco1)c1ccc(NC(=O)c2ccc(Br)cc2)cc1. The monoisotopic (exact) mass is 455 g/mol. The molecule has 0 bridgehead atoms. The minimum absolute atomic E-state index is 0.220. The molecule has 0 unspecified atom stereocenters. The van der Waals surface area contributed by atoms with Crippen LogP contribution in [0.1, 0.15) is 31.3 Å². The summed E-state index contributed by atoms with van der Waals surface area (Å²) in [5, 5.41) is 8.14. The van der Waals surface area contributed by atoms with Gasteiger partial charge in [-0.15, -0.1) is 0 Å². The molecule has 3 N–H and O–H groups in total. The molecule has 29 heavy (non-hydrogen) atoms. The van der Waals surface area contributed by atoms with Crippen LogP contribution < -0.4 is 16.0 Å². The molecule has 3 aromatic rings. The fourth-order valence-electron chi connectivity index (χ4n) is 2.46. The Bertz CT molecular complexity index is 984. The zero-order chi connectivity index (χ0) is 20.6. The van der Waals surface area contributed by atoms with Gasteiger partial charge in [-0.05, 0) is 60.7 Å². The van der Waals surface area contributed by atoms with Crippen LogP contribution in [0.25, 0.3) is 0 Å². The van der Waals surface area contributed by atoms with E-state index in [1.54, 1.807) is 60.7 Å². The Kier molecular flexibility index (Phi) is 6.80. The highest BCUT2D eigenvalue weighted by molar-refractivity contribution is 9.10. The Hall–Kier alpha value is -3.39. The molecule has 3 rings (SSSR count). The molecule has 0 radical (unpaired) electrons. The van der Waals surface area contributed by atoms with E-state index in [2.05, 4.69) is 31.9 Å². The van der Waals surface area contributed by atoms with Gasteiger partial charge in [0.25, 0.3) is 17.7 Å². The van der Waals surface area contributed by atoms with Crippen LogP contribution in [-0.4, -0.2) is 30.8 Å². The number of furan rings is 1. The van der Waals surface area contributed by atoms with Crippen molar-refractivity contribution >= 4 is 39.3 Å². The predicted octanol–water partition coefficient (Wildman–Crippen LogP) is 3.45. The summed E-state index contributed by atoms with van der Waals surface area (Å²) in [7, 11) is 0. The van der Waals surface area contributed by atoms with E-state index >= 15 is 0 Å². The Morgan fingerprint density at radius 1 is 0.759 bits per heavy atom. The van der Waals surface area contributed by atoms with Gasteiger partial charge < -0.3 is 20.4 Å². The fraction of sp³-hybridized carbons (Fsp3) is 0.0952. The molecule has 0 aliphatic rings. The second kappa shape index (κ2) is 9.70. The van der Waals surface area contributed by atoms with Crippen LogP contribution in [0, 0.1) is 0 Å². The number of rotatable bonds is 7. The molecule has 0 atom stereocenters. The summed E-state index contributed by atoms with van der Waals surface area (Å²) in [5.74, 6) is -0.628. The Morgan fingerprint density at radius 3 is 1.97 bits per heavy atom. The van der Waals surface area contributed by atoms with Crippen molar-refractivity contribution in [1.82, 2.24) is 10.6 Å². The van der Waals surface area contributed by atoms with E-state index < -0.39 is 0 Å². The molecule has 8 heteroatoms. The lowest BCUT2D eigenvalue weighted by atomic mass is 10.1. The summed E-state index contributed by atoms with van der Waals surface area (Å²) in [4.78, 5) is 36.1. The van der Waals surface area contributed by atoms with Gasteiger partial charge in [-0.25, -0.2) is 0 Å². The van der Waals surface area contributed by atoms with Gasteiger partial charge in [0.05, 0.1) is 6.26 Å². The first kappa shape index (κ1) is 20.3. The molecule has 0 saturated heterocycles. The van der Waals surface area contributed by atoms with Crippen molar-refractivity contribution in [3.63, 3.8) is 0 Å². The maximum Gasteiger partial charge on any atom is 0.287 e. The number of amides is 3. The highest BCUT2D eigenvalue weighted by atomic mass is 79.9. The van der Waals surface area contributed by atoms with Gasteiger partial charge in [-0.3, -0.25) is 14.4 Å². The summed E-state index contributed by atoms with van der Waals surface area (Å²) >= 11 is 3.33. The average molecular weight is 456 g/mol. The van der Waals surface area contributed by atoms with Gasteiger partial charge in [-0.2, -0.15) is 0 Å². The Morgan fingerprint density at radius 2 is 1.34 bits per heavy atom. The molecule has 0 fully saturated rings. The Balaban J connectivity index is 1.45. The Labute approximate surface area is 175 Å². The summed E-state index contributed by atoms with van der Waals surface area (Å²) < 4.78 is 5.88. The lowest BCUT2D eigenvalue weighted by molar-refractivity contribution is 0.0910. The number of halogens is 1. The van der Waals surface area contributed by atoms with Crippen molar-refractivity contribution in [3.8, 4) is 0 Å². The molecule has 7 nitrogen and oxygen atoms in total. The molecule has 0 aliphatic heterocycles. The number of carbonyl (C=O) groups is 3. The zero-order valence-corrected chi connectivity index (χ0v) is 16.9. The van der Waals surface area contributed by atoms with Crippen molar-refractivity contribution in [3.05, 3.63) is 88.3 Å². The maximum absolute atomic E-state index is 12.2. The average Bonchev–Trinajstić information content (AvgIpc) is 3.27. The number of benzene rings is 2. The van der Waals surface area contributed by atoms with Crippen LogP contribution in [0.5, 0.6) is 0 Å². The summed E-state index contributed by atoms with van der Waals surface area (Å²) in [5.41, 5.74) is 1.57. The van der Waals surface area contributed by atoms with E-state index in [0.717, 1.165) is 4.47 Å². The third-order valence-corrected chi connectivity index (χ3v) is 4.48. The van der Waals surface area contributed by atoms with Gasteiger partial charge in [0.2, 0.25) is 0 Å². The standard InChI is InChI=1S/C21H18BrN3O4/c22-16-7-3-15(4-8-16)20(27)25-17-9-5-14(6-10-17)19(26)23-11-12-24-21(28)18-2-1-13-29-18/h1-10,13H,11-12H2,(H,23,26)(H,24,28)(H,25,27). The lowest BCUT2D eigenvalue weighted by Crippen LogP contribution is -2.34. The quantitative estimate of drug-likeness (QED) is 0.474. The smallest absolute Gasteiger partial charge is 0.287 e. The third-order valence-electron chi connectivity index (χ3n) is 3.95. The summed E-state index contributed by atoms with van der Waals surface area (Å²) in [6.07, 6.45) is 1.42. The molecule has 2 aromatic carbocycles. The van der Waals surface area contributed by atoms with Crippen LogP contribution >= 0.6 is 15.9 Å².